The van der Waals surface area contributed by atoms with Crippen LogP contribution in [0.3, 0.4) is 0 Å². The zero-order valence-corrected chi connectivity index (χ0v) is 28.8. The fourth-order valence-electron chi connectivity index (χ4n) is 4.86. The quantitative estimate of drug-likeness (QED) is 0.410. The van der Waals surface area contributed by atoms with Crippen LogP contribution in [0.1, 0.15) is 58.2 Å². The Morgan fingerprint density at radius 3 is 2.11 bits per heavy atom. The summed E-state index contributed by atoms with van der Waals surface area (Å²) in [5.41, 5.74) is 1.27. The van der Waals surface area contributed by atoms with Crippen molar-refractivity contribution in [2.45, 2.75) is 76.8 Å². The molecule has 0 bridgehead atoms. The lowest BCUT2D eigenvalue weighted by Crippen LogP contribution is -2.49. The molecule has 11 nitrogen and oxygen atoms in total. The molecule has 3 rings (SSSR count). The first-order valence-electron chi connectivity index (χ1n) is 15.1. The highest BCUT2D eigenvalue weighted by Crippen LogP contribution is 2.31. The average molecular weight is 645 g/mol. The molecular formula is C33H48N4O7S. The first-order chi connectivity index (χ1) is 20.8. The Morgan fingerprint density at radius 1 is 0.956 bits per heavy atom. The number of hydrogen-bond acceptors (Lipinski definition) is 8. The Kier molecular flexibility index (Phi) is 11.4. The number of nitrogens with one attached hydrogen (secondary N) is 1. The van der Waals surface area contributed by atoms with Crippen LogP contribution in [0, 0.1) is 6.92 Å². The summed E-state index contributed by atoms with van der Waals surface area (Å²) in [7, 11) is -0.483. The Balaban J connectivity index is 1.85. The third-order valence-electron chi connectivity index (χ3n) is 7.55. The van der Waals surface area contributed by atoms with Gasteiger partial charge in [-0.25, -0.2) is 22.7 Å². The minimum absolute atomic E-state index is 0.0375. The van der Waals surface area contributed by atoms with Crippen molar-refractivity contribution in [2.24, 2.45) is 0 Å². The van der Waals surface area contributed by atoms with Crippen LogP contribution < -0.4 is 9.46 Å². The third-order valence-corrected chi connectivity index (χ3v) is 8.97. The van der Waals surface area contributed by atoms with Gasteiger partial charge in [0.1, 0.15) is 17.4 Å². The first kappa shape index (κ1) is 36.0. The van der Waals surface area contributed by atoms with Crippen molar-refractivity contribution in [3.05, 3.63) is 59.2 Å². The number of amides is 2. The second-order valence-corrected chi connectivity index (χ2v) is 15.4. The van der Waals surface area contributed by atoms with Crippen LogP contribution in [0.15, 0.2) is 47.4 Å². The Bertz CT molecular complexity index is 1470. The molecule has 1 N–H and O–H groups in total. The number of benzene rings is 2. The molecule has 0 spiro atoms. The normalized spacial score (nSPS) is 15.4. The highest BCUT2D eigenvalue weighted by atomic mass is 32.2. The summed E-state index contributed by atoms with van der Waals surface area (Å²) in [6.45, 7) is 15.3. The highest BCUT2D eigenvalue weighted by molar-refractivity contribution is 7.89. The van der Waals surface area contributed by atoms with E-state index in [1.54, 1.807) is 56.0 Å². The summed E-state index contributed by atoms with van der Waals surface area (Å²) in [5, 5.41) is 0. The molecule has 1 heterocycles. The maximum Gasteiger partial charge on any atom is 0.415 e. The molecule has 1 fully saturated rings. The predicted molar refractivity (Wildman–Crippen MR) is 173 cm³/mol. The van der Waals surface area contributed by atoms with Gasteiger partial charge in [0.05, 0.1) is 11.4 Å². The van der Waals surface area contributed by atoms with Crippen LogP contribution in [-0.4, -0.2) is 99.5 Å². The zero-order valence-electron chi connectivity index (χ0n) is 28.0. The van der Waals surface area contributed by atoms with Gasteiger partial charge in [0.2, 0.25) is 15.9 Å². The van der Waals surface area contributed by atoms with Crippen LogP contribution >= 0.6 is 0 Å². The van der Waals surface area contributed by atoms with Gasteiger partial charge in [0.15, 0.2) is 0 Å². The number of piperazine rings is 1. The molecule has 1 atom stereocenters. The molecule has 1 aliphatic heterocycles. The second-order valence-electron chi connectivity index (χ2n) is 13.6. The number of sulfonamides is 1. The molecule has 0 saturated carbocycles. The summed E-state index contributed by atoms with van der Waals surface area (Å²) < 4.78 is 39.4. The van der Waals surface area contributed by atoms with E-state index >= 15 is 0 Å². The SMILES string of the molecule is Cc1ccc(S(=O)(=O)NCC(=O)N(C)[C@@H](Cc2ccc(OC(=O)N3CCN(C)CC3)cc2C(C)(C)C)C(=O)OC(C)(C)C)cc1. The maximum absolute atomic E-state index is 13.5. The second kappa shape index (κ2) is 14.3. The van der Waals surface area contributed by atoms with Crippen molar-refractivity contribution in [1.29, 1.82) is 0 Å². The Morgan fingerprint density at radius 2 is 1.56 bits per heavy atom. The Hall–Kier alpha value is -3.48. The van der Waals surface area contributed by atoms with Gasteiger partial charge in [-0.05, 0) is 75.5 Å². The number of rotatable bonds is 9. The molecule has 0 unspecified atom stereocenters. The summed E-state index contributed by atoms with van der Waals surface area (Å²) in [5.74, 6) is -0.835. The predicted octanol–water partition coefficient (Wildman–Crippen LogP) is 3.73. The number of carbonyl (C=O) groups excluding carboxylic acids is 3. The summed E-state index contributed by atoms with van der Waals surface area (Å²) in [6, 6.07) is 10.5. The smallest absolute Gasteiger partial charge is 0.415 e. The van der Waals surface area contributed by atoms with E-state index in [-0.39, 0.29) is 11.3 Å². The van der Waals surface area contributed by atoms with Gasteiger partial charge in [-0.3, -0.25) is 4.79 Å². The number of likely N-dealkylation sites (N-methyl/N-ethyl adjacent to an activating group) is 2. The molecule has 1 saturated heterocycles. The van der Waals surface area contributed by atoms with Gasteiger partial charge >= 0.3 is 12.1 Å². The minimum Gasteiger partial charge on any atom is -0.458 e. The fraction of sp³-hybridized carbons (Fsp3) is 0.545. The van der Waals surface area contributed by atoms with Crippen LogP contribution in [0.2, 0.25) is 0 Å². The van der Waals surface area contributed by atoms with Crippen molar-refractivity contribution in [2.75, 3.05) is 46.8 Å². The Labute approximate surface area is 267 Å². The molecule has 0 aliphatic carbocycles. The van der Waals surface area contributed by atoms with Gasteiger partial charge in [-0.1, -0.05) is 44.5 Å². The van der Waals surface area contributed by atoms with E-state index in [0.717, 1.165) is 29.8 Å². The molecule has 2 amide bonds. The van der Waals surface area contributed by atoms with E-state index in [1.807, 2.05) is 34.7 Å². The van der Waals surface area contributed by atoms with E-state index in [4.69, 9.17) is 9.47 Å². The van der Waals surface area contributed by atoms with E-state index in [9.17, 15) is 22.8 Å². The highest BCUT2D eigenvalue weighted by Gasteiger charge is 2.34. The topological polar surface area (TPSA) is 126 Å². The van der Waals surface area contributed by atoms with Crippen LogP contribution in [0.5, 0.6) is 5.75 Å². The molecule has 0 radical (unpaired) electrons. The molecule has 2 aromatic carbocycles. The van der Waals surface area contributed by atoms with E-state index in [1.165, 1.54) is 24.1 Å². The molecule has 1 aliphatic rings. The van der Waals surface area contributed by atoms with Gasteiger partial charge in [-0.15, -0.1) is 0 Å². The van der Waals surface area contributed by atoms with Crippen molar-refractivity contribution >= 4 is 28.0 Å². The summed E-state index contributed by atoms with van der Waals surface area (Å²) >= 11 is 0. The summed E-state index contributed by atoms with van der Waals surface area (Å²) in [6.07, 6.45) is -0.318. The molecule has 0 aromatic heterocycles. The number of carbonyl (C=O) groups is 3. The van der Waals surface area contributed by atoms with Gasteiger partial charge in [0, 0.05) is 39.6 Å². The first-order valence-corrected chi connectivity index (χ1v) is 16.6. The number of esters is 1. The van der Waals surface area contributed by atoms with E-state index in [2.05, 4.69) is 9.62 Å². The lowest BCUT2D eigenvalue weighted by molar-refractivity contribution is -0.163. The maximum atomic E-state index is 13.5. The van der Waals surface area contributed by atoms with Gasteiger partial charge in [-0.2, -0.15) is 0 Å². The fourth-order valence-corrected chi connectivity index (χ4v) is 5.84. The molecule has 12 heteroatoms. The average Bonchev–Trinajstić information content (AvgIpc) is 2.94. The van der Waals surface area contributed by atoms with Gasteiger partial charge in [0.25, 0.3) is 0 Å². The lowest BCUT2D eigenvalue weighted by Gasteiger charge is -2.32. The van der Waals surface area contributed by atoms with Crippen LogP contribution in [-0.2, 0) is 36.2 Å². The van der Waals surface area contributed by atoms with Gasteiger partial charge < -0.3 is 24.2 Å². The number of aryl methyl sites for hydroxylation is 1. The van der Waals surface area contributed by atoms with E-state index < -0.39 is 51.6 Å². The number of ether oxygens (including phenoxy) is 2. The monoisotopic (exact) mass is 644 g/mol. The number of hydrogen-bond donors (Lipinski definition) is 1. The molecule has 2 aromatic rings. The molecular weight excluding hydrogens is 596 g/mol. The van der Waals surface area contributed by atoms with Crippen molar-refractivity contribution in [3.8, 4) is 5.75 Å². The zero-order chi connectivity index (χ0) is 33.7. The lowest BCUT2D eigenvalue weighted by atomic mass is 9.82. The van der Waals surface area contributed by atoms with Crippen LogP contribution in [0.25, 0.3) is 0 Å². The molecule has 45 heavy (non-hydrogen) atoms. The minimum atomic E-state index is -3.95. The summed E-state index contributed by atoms with van der Waals surface area (Å²) in [4.78, 5) is 44.8. The van der Waals surface area contributed by atoms with Crippen molar-refractivity contribution < 1.29 is 32.3 Å². The van der Waals surface area contributed by atoms with Crippen molar-refractivity contribution in [3.63, 3.8) is 0 Å². The third kappa shape index (κ3) is 10.3. The number of nitrogens with zero attached hydrogens (tertiary/aromatic N) is 3. The van der Waals surface area contributed by atoms with E-state index in [0.29, 0.717) is 18.8 Å². The van der Waals surface area contributed by atoms with Crippen molar-refractivity contribution in [1.82, 2.24) is 19.4 Å². The largest absolute Gasteiger partial charge is 0.458 e. The molecule has 248 valence electrons. The van der Waals surface area contributed by atoms with Crippen LogP contribution in [0.4, 0.5) is 4.79 Å². The standard InChI is InChI=1S/C33H48N4O7S/c1-23-10-14-26(15-11-23)45(41,42)34-22-29(38)36(9)28(30(39)44-33(5,6)7)20-24-12-13-25(21-27(24)32(2,3)4)43-31(40)37-18-16-35(8)17-19-37/h10-15,21,28,34H,16-20,22H2,1-9H3/t28-/m0/s1.